The van der Waals surface area contributed by atoms with E-state index < -0.39 is 11.6 Å². The third-order valence-corrected chi connectivity index (χ3v) is 6.23. The van der Waals surface area contributed by atoms with E-state index in [0.717, 1.165) is 28.9 Å². The van der Waals surface area contributed by atoms with Crippen molar-refractivity contribution in [3.63, 3.8) is 0 Å². The van der Waals surface area contributed by atoms with E-state index in [1.165, 1.54) is 0 Å². The van der Waals surface area contributed by atoms with Gasteiger partial charge in [0, 0.05) is 13.1 Å². The van der Waals surface area contributed by atoms with Gasteiger partial charge in [-0.25, -0.2) is 0 Å². The molecular formula is C25H34ClN3O4. The van der Waals surface area contributed by atoms with Crippen molar-refractivity contribution >= 4 is 24.2 Å². The summed E-state index contributed by atoms with van der Waals surface area (Å²) in [6, 6.07) is 14.4. The maximum atomic E-state index is 13.1. The Morgan fingerprint density at radius 3 is 2.33 bits per heavy atom. The highest BCUT2D eigenvalue weighted by atomic mass is 35.5. The fraction of sp³-hybridized carbons (Fsp3) is 0.440. The smallest absolute Gasteiger partial charge is 0.245 e. The number of methoxy groups -OCH3 is 1. The minimum absolute atomic E-state index is 0. The number of carbonyl (C=O) groups is 2. The largest absolute Gasteiger partial charge is 0.497 e. The highest BCUT2D eigenvalue weighted by molar-refractivity contribution is 5.93. The number of rotatable bonds is 9. The summed E-state index contributed by atoms with van der Waals surface area (Å²) in [7, 11) is 1.61. The summed E-state index contributed by atoms with van der Waals surface area (Å²) in [5.41, 5.74) is 8.24. The Morgan fingerprint density at radius 1 is 1.12 bits per heavy atom. The molecule has 0 aromatic heterocycles. The molecule has 1 aliphatic heterocycles. The average molecular weight is 476 g/mol. The van der Waals surface area contributed by atoms with Crippen molar-refractivity contribution in [2.75, 3.05) is 20.2 Å². The zero-order valence-corrected chi connectivity index (χ0v) is 20.1. The van der Waals surface area contributed by atoms with Crippen molar-refractivity contribution in [1.29, 1.82) is 0 Å². The number of ether oxygens (including phenoxy) is 1. The third-order valence-electron chi connectivity index (χ3n) is 6.23. The molecular weight excluding hydrogens is 442 g/mol. The van der Waals surface area contributed by atoms with Crippen molar-refractivity contribution in [2.24, 2.45) is 5.73 Å². The van der Waals surface area contributed by atoms with Gasteiger partial charge in [0.1, 0.15) is 11.3 Å². The number of nitrogens with zero attached hydrogens (tertiary/aromatic N) is 1. The molecule has 33 heavy (non-hydrogen) atoms. The molecule has 0 saturated carbocycles. The van der Waals surface area contributed by atoms with Crippen LogP contribution in [0.15, 0.2) is 48.5 Å². The number of amides is 2. The normalized spacial score (nSPS) is 18.4. The molecule has 0 radical (unpaired) electrons. The van der Waals surface area contributed by atoms with E-state index in [0.29, 0.717) is 32.4 Å². The summed E-state index contributed by atoms with van der Waals surface area (Å²) >= 11 is 0. The van der Waals surface area contributed by atoms with E-state index in [1.54, 1.807) is 12.0 Å². The summed E-state index contributed by atoms with van der Waals surface area (Å²) < 4.78 is 5.17. The number of nitrogens with two attached hydrogens (primary N) is 1. The van der Waals surface area contributed by atoms with Gasteiger partial charge >= 0.3 is 0 Å². The predicted molar refractivity (Wildman–Crippen MR) is 130 cm³/mol. The molecule has 7 nitrogen and oxygen atoms in total. The van der Waals surface area contributed by atoms with Gasteiger partial charge in [0.05, 0.1) is 19.8 Å². The van der Waals surface area contributed by atoms with Gasteiger partial charge in [-0.1, -0.05) is 36.4 Å². The first-order valence-corrected chi connectivity index (χ1v) is 11.0. The van der Waals surface area contributed by atoms with Crippen LogP contribution in [0.3, 0.4) is 0 Å². The van der Waals surface area contributed by atoms with Gasteiger partial charge < -0.3 is 25.8 Å². The van der Waals surface area contributed by atoms with Crippen LogP contribution >= 0.6 is 12.4 Å². The lowest BCUT2D eigenvalue weighted by Gasteiger charge is -2.35. The molecule has 8 heteroatoms. The van der Waals surface area contributed by atoms with Crippen LogP contribution in [0.1, 0.15) is 36.5 Å². The van der Waals surface area contributed by atoms with Crippen molar-refractivity contribution in [3.8, 4) is 5.75 Å². The lowest BCUT2D eigenvalue weighted by atomic mass is 9.96. The Bertz CT molecular complexity index is 920. The molecule has 4 N–H and O–H groups in total. The molecule has 1 aliphatic rings. The van der Waals surface area contributed by atoms with Crippen molar-refractivity contribution in [1.82, 2.24) is 10.2 Å². The van der Waals surface area contributed by atoms with Gasteiger partial charge in [0.25, 0.3) is 0 Å². The summed E-state index contributed by atoms with van der Waals surface area (Å²) in [5.74, 6) is 0.407. The SMILES string of the molecule is COc1ccc(C[C@H](N)C(=O)N2CCC[C@@]2(C)C(=O)NCCc2ccc(CO)cc2)cc1.Cl. The van der Waals surface area contributed by atoms with E-state index in [4.69, 9.17) is 15.6 Å². The Morgan fingerprint density at radius 2 is 1.73 bits per heavy atom. The lowest BCUT2D eigenvalue weighted by Crippen LogP contribution is -2.59. The molecule has 0 spiro atoms. The maximum Gasteiger partial charge on any atom is 0.245 e. The topological polar surface area (TPSA) is 105 Å². The Balaban J connectivity index is 0.00000385. The molecule has 1 saturated heterocycles. The number of likely N-dealkylation sites (tertiary alicyclic amines) is 1. The number of hydrogen-bond acceptors (Lipinski definition) is 5. The molecule has 3 rings (SSSR count). The van der Waals surface area contributed by atoms with Crippen LogP contribution in [0.5, 0.6) is 5.75 Å². The third kappa shape index (κ3) is 6.47. The monoisotopic (exact) mass is 475 g/mol. The van der Waals surface area contributed by atoms with Crippen LogP contribution in [0.25, 0.3) is 0 Å². The number of aliphatic hydroxyl groups is 1. The maximum absolute atomic E-state index is 13.1. The van der Waals surface area contributed by atoms with E-state index >= 15 is 0 Å². The second-order valence-corrected chi connectivity index (χ2v) is 8.51. The molecule has 0 unspecified atom stereocenters. The van der Waals surface area contributed by atoms with E-state index in [-0.39, 0.29) is 30.8 Å². The summed E-state index contributed by atoms with van der Waals surface area (Å²) in [5, 5.41) is 12.1. The zero-order chi connectivity index (χ0) is 23.1. The lowest BCUT2D eigenvalue weighted by molar-refractivity contribution is -0.144. The van der Waals surface area contributed by atoms with Crippen molar-refractivity contribution in [2.45, 2.75) is 50.8 Å². The van der Waals surface area contributed by atoms with Gasteiger partial charge in [0.2, 0.25) is 11.8 Å². The molecule has 2 aromatic carbocycles. The summed E-state index contributed by atoms with van der Waals surface area (Å²) in [6.07, 6.45) is 2.47. The van der Waals surface area contributed by atoms with E-state index in [1.807, 2.05) is 55.5 Å². The average Bonchev–Trinajstić information content (AvgIpc) is 3.22. The highest BCUT2D eigenvalue weighted by Gasteiger charge is 2.46. The summed E-state index contributed by atoms with van der Waals surface area (Å²) in [6.45, 7) is 2.84. The van der Waals surface area contributed by atoms with Crippen molar-refractivity contribution in [3.05, 3.63) is 65.2 Å². The van der Waals surface area contributed by atoms with Gasteiger partial charge in [0.15, 0.2) is 0 Å². The molecule has 0 aliphatic carbocycles. The first kappa shape index (κ1) is 26.6. The molecule has 2 aromatic rings. The minimum atomic E-state index is -0.893. The number of nitrogens with one attached hydrogen (secondary N) is 1. The second kappa shape index (κ2) is 12.0. The fourth-order valence-corrected chi connectivity index (χ4v) is 4.18. The van der Waals surface area contributed by atoms with Crippen LogP contribution in [0, 0.1) is 0 Å². The number of halogens is 1. The number of benzene rings is 2. The van der Waals surface area contributed by atoms with Crippen LogP contribution < -0.4 is 15.8 Å². The molecule has 1 fully saturated rings. The van der Waals surface area contributed by atoms with Gasteiger partial charge in [-0.2, -0.15) is 0 Å². The Hall–Kier alpha value is -2.61. The molecule has 1 heterocycles. The molecule has 2 atom stereocenters. The quantitative estimate of drug-likeness (QED) is 0.515. The molecule has 0 bridgehead atoms. The predicted octanol–water partition coefficient (Wildman–Crippen LogP) is 2.22. The van der Waals surface area contributed by atoms with Crippen LogP contribution in [0.4, 0.5) is 0 Å². The Labute approximate surface area is 201 Å². The Kier molecular flexibility index (Phi) is 9.70. The van der Waals surface area contributed by atoms with E-state index in [9.17, 15) is 9.59 Å². The zero-order valence-electron chi connectivity index (χ0n) is 19.3. The van der Waals surface area contributed by atoms with Gasteiger partial charge in [-0.05, 0) is 61.4 Å². The van der Waals surface area contributed by atoms with Crippen LogP contribution in [0.2, 0.25) is 0 Å². The fourth-order valence-electron chi connectivity index (χ4n) is 4.18. The van der Waals surface area contributed by atoms with Crippen LogP contribution in [-0.4, -0.2) is 53.6 Å². The van der Waals surface area contributed by atoms with Gasteiger partial charge in [-0.3, -0.25) is 9.59 Å². The number of carbonyl (C=O) groups excluding carboxylic acids is 2. The summed E-state index contributed by atoms with van der Waals surface area (Å²) in [4.78, 5) is 27.8. The number of hydrogen-bond donors (Lipinski definition) is 3. The second-order valence-electron chi connectivity index (χ2n) is 8.51. The molecule has 180 valence electrons. The minimum Gasteiger partial charge on any atom is -0.497 e. The highest BCUT2D eigenvalue weighted by Crippen LogP contribution is 2.30. The first-order valence-electron chi connectivity index (χ1n) is 11.0. The van der Waals surface area contributed by atoms with Crippen LogP contribution in [-0.2, 0) is 29.0 Å². The first-order chi connectivity index (χ1) is 15.4. The van der Waals surface area contributed by atoms with Gasteiger partial charge in [-0.15, -0.1) is 12.4 Å². The van der Waals surface area contributed by atoms with Crippen molar-refractivity contribution < 1.29 is 19.4 Å². The molecule has 2 amide bonds. The standard InChI is InChI=1S/C25H33N3O4.ClH/c1-25(24(31)27-14-12-18-4-6-20(17-29)7-5-18)13-3-15-28(25)23(30)22(26)16-19-8-10-21(32-2)11-9-19;/h4-11,22,29H,3,12-17,26H2,1-2H3,(H,27,31);1H/t22-,25-;/m0./s1. The number of aliphatic hydroxyl groups excluding tert-OH is 1. The van der Waals surface area contributed by atoms with E-state index in [2.05, 4.69) is 5.32 Å².